The Balaban J connectivity index is 1.57. The van der Waals surface area contributed by atoms with Crippen molar-refractivity contribution in [3.05, 3.63) is 71.4 Å². The highest BCUT2D eigenvalue weighted by Crippen LogP contribution is 2.19. The molecule has 7 heteroatoms. The number of carbonyl (C=O) groups is 1. The van der Waals surface area contributed by atoms with Crippen molar-refractivity contribution in [2.24, 2.45) is 0 Å². The van der Waals surface area contributed by atoms with Gasteiger partial charge < -0.3 is 10.3 Å². The van der Waals surface area contributed by atoms with E-state index in [2.05, 4.69) is 15.3 Å². The molecule has 3 aromatic rings. The van der Waals surface area contributed by atoms with Gasteiger partial charge in [0.1, 0.15) is 11.6 Å². The molecule has 3 rings (SSSR count). The first-order valence-electron chi connectivity index (χ1n) is 8.04. The molecule has 2 aromatic carbocycles. The van der Waals surface area contributed by atoms with E-state index in [1.54, 1.807) is 18.1 Å². The molecule has 0 atom stereocenters. The summed E-state index contributed by atoms with van der Waals surface area (Å²) in [6, 6.07) is 13.9. The van der Waals surface area contributed by atoms with Gasteiger partial charge in [0.15, 0.2) is 0 Å². The Labute approximate surface area is 155 Å². The summed E-state index contributed by atoms with van der Waals surface area (Å²) in [6.45, 7) is 0.547. The Morgan fingerprint density at radius 3 is 2.81 bits per heavy atom. The van der Waals surface area contributed by atoms with Gasteiger partial charge in [-0.15, -0.1) is 0 Å². The minimum absolute atomic E-state index is 0.0697. The summed E-state index contributed by atoms with van der Waals surface area (Å²) in [4.78, 5) is 21.5. The standard InChI is InChI=1S/C19H18ClFN4O/c1-25(12-19(26)24-16-9-14(20)7-8-15(16)21)11-18-22-10-17(23-18)13-5-3-2-4-6-13/h2-10H,11-12H2,1H3,(H,22,23)(H,24,26). The van der Waals surface area contributed by atoms with Crippen LogP contribution in [-0.2, 0) is 11.3 Å². The Morgan fingerprint density at radius 2 is 2.04 bits per heavy atom. The van der Waals surface area contributed by atoms with E-state index < -0.39 is 5.82 Å². The predicted molar refractivity (Wildman–Crippen MR) is 100 cm³/mol. The number of amides is 1. The number of carbonyl (C=O) groups excluding carboxylic acids is 1. The van der Waals surface area contributed by atoms with Crippen LogP contribution < -0.4 is 5.32 Å². The lowest BCUT2D eigenvalue weighted by atomic mass is 10.2. The van der Waals surface area contributed by atoms with Gasteiger partial charge in [0.25, 0.3) is 0 Å². The lowest BCUT2D eigenvalue weighted by Crippen LogP contribution is -2.30. The number of likely N-dealkylation sites (N-methyl/N-ethyl adjacent to an activating group) is 1. The van der Waals surface area contributed by atoms with E-state index in [1.807, 2.05) is 30.3 Å². The molecule has 26 heavy (non-hydrogen) atoms. The molecule has 0 radical (unpaired) electrons. The molecule has 0 saturated carbocycles. The van der Waals surface area contributed by atoms with Gasteiger partial charge in [0, 0.05) is 5.02 Å². The normalized spacial score (nSPS) is 10.9. The van der Waals surface area contributed by atoms with E-state index >= 15 is 0 Å². The van der Waals surface area contributed by atoms with Crippen molar-refractivity contribution in [1.82, 2.24) is 14.9 Å². The quantitative estimate of drug-likeness (QED) is 0.689. The minimum atomic E-state index is -0.524. The predicted octanol–water partition coefficient (Wildman–Crippen LogP) is 3.94. The maximum absolute atomic E-state index is 13.7. The number of imidazole rings is 1. The highest BCUT2D eigenvalue weighted by Gasteiger charge is 2.12. The van der Waals surface area contributed by atoms with Gasteiger partial charge in [-0.2, -0.15) is 0 Å². The first-order valence-corrected chi connectivity index (χ1v) is 8.42. The van der Waals surface area contributed by atoms with Crippen molar-refractivity contribution in [1.29, 1.82) is 0 Å². The monoisotopic (exact) mass is 372 g/mol. The Hall–Kier alpha value is -2.70. The minimum Gasteiger partial charge on any atom is -0.341 e. The van der Waals surface area contributed by atoms with Crippen LogP contribution in [0.2, 0.25) is 5.02 Å². The van der Waals surface area contributed by atoms with Gasteiger partial charge >= 0.3 is 0 Å². The largest absolute Gasteiger partial charge is 0.341 e. The summed E-state index contributed by atoms with van der Waals surface area (Å²) >= 11 is 5.83. The van der Waals surface area contributed by atoms with Crippen molar-refractivity contribution < 1.29 is 9.18 Å². The number of hydrogen-bond donors (Lipinski definition) is 2. The van der Waals surface area contributed by atoms with Crippen molar-refractivity contribution in [2.45, 2.75) is 6.54 Å². The first kappa shape index (κ1) is 18.1. The van der Waals surface area contributed by atoms with E-state index in [0.29, 0.717) is 11.6 Å². The van der Waals surface area contributed by atoms with Crippen LogP contribution in [0.3, 0.4) is 0 Å². The molecule has 5 nitrogen and oxygen atoms in total. The van der Waals surface area contributed by atoms with Crippen LogP contribution in [0.5, 0.6) is 0 Å². The maximum Gasteiger partial charge on any atom is 0.238 e. The van der Waals surface area contributed by atoms with E-state index in [0.717, 1.165) is 17.1 Å². The van der Waals surface area contributed by atoms with E-state index in [4.69, 9.17) is 11.6 Å². The second-order valence-corrected chi connectivity index (χ2v) is 6.39. The van der Waals surface area contributed by atoms with Crippen molar-refractivity contribution in [3.8, 4) is 11.3 Å². The number of anilines is 1. The lowest BCUT2D eigenvalue weighted by molar-refractivity contribution is -0.117. The van der Waals surface area contributed by atoms with Crippen LogP contribution in [0.25, 0.3) is 11.3 Å². The third-order valence-corrected chi connectivity index (χ3v) is 3.98. The topological polar surface area (TPSA) is 61.0 Å². The van der Waals surface area contributed by atoms with Gasteiger partial charge in [0.05, 0.1) is 30.7 Å². The number of benzene rings is 2. The molecular weight excluding hydrogens is 355 g/mol. The van der Waals surface area contributed by atoms with Gasteiger partial charge in [-0.05, 0) is 30.8 Å². The number of nitrogens with one attached hydrogen (secondary N) is 2. The van der Waals surface area contributed by atoms with Gasteiger partial charge in [0.2, 0.25) is 5.91 Å². The molecule has 0 saturated heterocycles. The molecule has 0 aliphatic rings. The van der Waals surface area contributed by atoms with Crippen LogP contribution in [0.1, 0.15) is 5.82 Å². The molecule has 0 spiro atoms. The van der Waals surface area contributed by atoms with E-state index in [-0.39, 0.29) is 18.1 Å². The summed E-state index contributed by atoms with van der Waals surface area (Å²) in [5, 5.41) is 2.89. The van der Waals surface area contributed by atoms with Gasteiger partial charge in [-0.3, -0.25) is 9.69 Å². The zero-order valence-electron chi connectivity index (χ0n) is 14.2. The third-order valence-electron chi connectivity index (χ3n) is 3.75. The summed E-state index contributed by atoms with van der Waals surface area (Å²) < 4.78 is 13.7. The summed E-state index contributed by atoms with van der Waals surface area (Å²) in [5.41, 5.74) is 2.03. The highest BCUT2D eigenvalue weighted by molar-refractivity contribution is 6.30. The molecule has 0 bridgehead atoms. The van der Waals surface area contributed by atoms with Crippen molar-refractivity contribution in [2.75, 3.05) is 18.9 Å². The number of rotatable bonds is 6. The number of nitrogens with zero attached hydrogens (tertiary/aromatic N) is 2. The first-order chi connectivity index (χ1) is 12.5. The average Bonchev–Trinajstić information content (AvgIpc) is 3.07. The lowest BCUT2D eigenvalue weighted by Gasteiger charge is -2.15. The second kappa shape index (κ2) is 8.12. The highest BCUT2D eigenvalue weighted by atomic mass is 35.5. The van der Waals surface area contributed by atoms with Gasteiger partial charge in [-0.1, -0.05) is 41.9 Å². The molecule has 0 unspecified atom stereocenters. The summed E-state index contributed by atoms with van der Waals surface area (Å²) in [7, 11) is 1.79. The fraction of sp³-hybridized carbons (Fsp3) is 0.158. The number of hydrogen-bond acceptors (Lipinski definition) is 3. The Bertz CT molecular complexity index is 898. The molecule has 1 amide bonds. The van der Waals surface area contributed by atoms with E-state index in [1.165, 1.54) is 18.2 Å². The van der Waals surface area contributed by atoms with Crippen LogP contribution in [0.15, 0.2) is 54.7 Å². The number of aromatic nitrogens is 2. The van der Waals surface area contributed by atoms with E-state index in [9.17, 15) is 9.18 Å². The molecule has 2 N–H and O–H groups in total. The zero-order valence-corrected chi connectivity index (χ0v) is 14.9. The molecule has 0 aliphatic carbocycles. The fourth-order valence-electron chi connectivity index (χ4n) is 2.55. The number of H-pyrrole nitrogens is 1. The van der Waals surface area contributed by atoms with Crippen molar-refractivity contribution >= 4 is 23.2 Å². The maximum atomic E-state index is 13.7. The third kappa shape index (κ3) is 4.68. The zero-order chi connectivity index (χ0) is 18.5. The van der Waals surface area contributed by atoms with Crippen molar-refractivity contribution in [3.63, 3.8) is 0 Å². The molecule has 0 fully saturated rings. The van der Waals surface area contributed by atoms with Crippen LogP contribution in [0.4, 0.5) is 10.1 Å². The summed E-state index contributed by atoms with van der Waals surface area (Å²) in [6.07, 6.45) is 1.76. The average molecular weight is 373 g/mol. The Kier molecular flexibility index (Phi) is 5.65. The number of aromatic amines is 1. The summed E-state index contributed by atoms with van der Waals surface area (Å²) in [5.74, 6) is -0.111. The second-order valence-electron chi connectivity index (χ2n) is 5.95. The molecule has 1 heterocycles. The molecule has 0 aliphatic heterocycles. The Morgan fingerprint density at radius 1 is 1.27 bits per heavy atom. The van der Waals surface area contributed by atoms with Crippen LogP contribution in [0, 0.1) is 5.82 Å². The fourth-order valence-corrected chi connectivity index (χ4v) is 2.72. The van der Waals surface area contributed by atoms with Gasteiger partial charge in [-0.25, -0.2) is 9.37 Å². The number of halogens is 2. The smallest absolute Gasteiger partial charge is 0.238 e. The van der Waals surface area contributed by atoms with Crippen LogP contribution in [-0.4, -0.2) is 34.4 Å². The SMILES string of the molecule is CN(CC(=O)Nc1cc(Cl)ccc1F)Cc1ncc(-c2ccccc2)[nH]1. The molecular formula is C19H18ClFN4O. The molecule has 1 aromatic heterocycles. The molecule has 134 valence electrons. The van der Waals surface area contributed by atoms with Crippen LogP contribution >= 0.6 is 11.6 Å².